The van der Waals surface area contributed by atoms with E-state index in [0.717, 1.165) is 22.8 Å². The number of ether oxygens (including phenoxy) is 1. The minimum atomic E-state index is 0.603. The van der Waals surface area contributed by atoms with Crippen molar-refractivity contribution in [3.05, 3.63) is 47.4 Å². The molecule has 1 aromatic carbocycles. The van der Waals surface area contributed by atoms with Gasteiger partial charge in [-0.15, -0.1) is 0 Å². The highest BCUT2D eigenvalue weighted by atomic mass is 16.5. The first kappa shape index (κ1) is 13.3. The summed E-state index contributed by atoms with van der Waals surface area (Å²) in [5.41, 5.74) is 3.31. The first-order valence-electron chi connectivity index (χ1n) is 6.38. The molecular formula is C15H19N3O. The van der Waals surface area contributed by atoms with Crippen LogP contribution in [0.25, 0.3) is 0 Å². The van der Waals surface area contributed by atoms with Gasteiger partial charge >= 0.3 is 0 Å². The van der Waals surface area contributed by atoms with Crippen LogP contribution in [-0.4, -0.2) is 23.1 Å². The molecule has 0 aliphatic heterocycles. The standard InChI is InChI=1S/C15H19N3O/c1-11-4-6-14(7-5-11)19-9-8-16-15-12(2)13(3)17-10-18-15/h4-7,10H,8-9H2,1-3H3,(H,16,17,18). The van der Waals surface area contributed by atoms with E-state index in [4.69, 9.17) is 4.74 Å². The van der Waals surface area contributed by atoms with Crippen LogP contribution in [0, 0.1) is 20.8 Å². The van der Waals surface area contributed by atoms with Gasteiger partial charge in [-0.25, -0.2) is 9.97 Å². The molecule has 0 fully saturated rings. The maximum atomic E-state index is 5.65. The Morgan fingerprint density at radius 1 is 1.05 bits per heavy atom. The van der Waals surface area contributed by atoms with Crippen molar-refractivity contribution in [2.24, 2.45) is 0 Å². The van der Waals surface area contributed by atoms with Crippen LogP contribution in [-0.2, 0) is 0 Å². The van der Waals surface area contributed by atoms with Gasteiger partial charge in [0.15, 0.2) is 0 Å². The molecule has 0 spiro atoms. The van der Waals surface area contributed by atoms with Crippen LogP contribution in [0.15, 0.2) is 30.6 Å². The Morgan fingerprint density at radius 2 is 1.79 bits per heavy atom. The Balaban J connectivity index is 1.81. The predicted molar refractivity (Wildman–Crippen MR) is 76.7 cm³/mol. The number of hydrogen-bond acceptors (Lipinski definition) is 4. The molecule has 0 amide bonds. The van der Waals surface area contributed by atoms with E-state index in [2.05, 4.69) is 22.2 Å². The molecule has 19 heavy (non-hydrogen) atoms. The summed E-state index contributed by atoms with van der Waals surface area (Å²) in [6.45, 7) is 7.37. The first-order chi connectivity index (χ1) is 9.16. The highest BCUT2D eigenvalue weighted by Crippen LogP contribution is 2.13. The first-order valence-corrected chi connectivity index (χ1v) is 6.38. The summed E-state index contributed by atoms with van der Waals surface area (Å²) in [4.78, 5) is 8.36. The van der Waals surface area contributed by atoms with Crippen molar-refractivity contribution in [2.45, 2.75) is 20.8 Å². The predicted octanol–water partition coefficient (Wildman–Crippen LogP) is 2.89. The lowest BCUT2D eigenvalue weighted by Gasteiger charge is -2.10. The van der Waals surface area contributed by atoms with Crippen LogP contribution < -0.4 is 10.1 Å². The fraction of sp³-hybridized carbons (Fsp3) is 0.333. The highest BCUT2D eigenvalue weighted by molar-refractivity contribution is 5.44. The molecule has 2 rings (SSSR count). The smallest absolute Gasteiger partial charge is 0.132 e. The largest absolute Gasteiger partial charge is 0.492 e. The van der Waals surface area contributed by atoms with E-state index in [1.54, 1.807) is 6.33 Å². The van der Waals surface area contributed by atoms with E-state index in [1.807, 2.05) is 38.1 Å². The van der Waals surface area contributed by atoms with E-state index in [-0.39, 0.29) is 0 Å². The van der Waals surface area contributed by atoms with Gasteiger partial charge in [0.2, 0.25) is 0 Å². The van der Waals surface area contributed by atoms with E-state index >= 15 is 0 Å². The second-order valence-electron chi connectivity index (χ2n) is 4.52. The fourth-order valence-corrected chi connectivity index (χ4v) is 1.69. The Labute approximate surface area is 113 Å². The summed E-state index contributed by atoms with van der Waals surface area (Å²) in [6, 6.07) is 8.05. The third-order valence-corrected chi connectivity index (χ3v) is 3.02. The van der Waals surface area contributed by atoms with Crippen molar-refractivity contribution in [2.75, 3.05) is 18.5 Å². The number of anilines is 1. The van der Waals surface area contributed by atoms with Gasteiger partial charge in [-0.3, -0.25) is 0 Å². The number of aryl methyl sites for hydroxylation is 2. The van der Waals surface area contributed by atoms with E-state index in [0.29, 0.717) is 13.2 Å². The SMILES string of the molecule is Cc1ccc(OCCNc2ncnc(C)c2C)cc1. The molecule has 1 aromatic heterocycles. The van der Waals surface area contributed by atoms with Crippen LogP contribution in [0.4, 0.5) is 5.82 Å². The maximum Gasteiger partial charge on any atom is 0.132 e. The van der Waals surface area contributed by atoms with Crippen molar-refractivity contribution >= 4 is 5.82 Å². The van der Waals surface area contributed by atoms with Crippen molar-refractivity contribution in [3.8, 4) is 5.75 Å². The molecule has 0 bridgehead atoms. The minimum Gasteiger partial charge on any atom is -0.492 e. The molecule has 0 aliphatic carbocycles. The summed E-state index contributed by atoms with van der Waals surface area (Å²) in [6.07, 6.45) is 1.57. The quantitative estimate of drug-likeness (QED) is 0.837. The number of rotatable bonds is 5. The molecular weight excluding hydrogens is 238 g/mol. The summed E-state index contributed by atoms with van der Waals surface area (Å²) >= 11 is 0. The van der Waals surface area contributed by atoms with Gasteiger partial charge in [-0.05, 0) is 32.9 Å². The van der Waals surface area contributed by atoms with Crippen LogP contribution >= 0.6 is 0 Å². The molecule has 0 saturated heterocycles. The minimum absolute atomic E-state index is 0.603. The zero-order valence-electron chi connectivity index (χ0n) is 11.6. The van der Waals surface area contributed by atoms with Gasteiger partial charge < -0.3 is 10.1 Å². The summed E-state index contributed by atoms with van der Waals surface area (Å²) < 4.78 is 5.65. The fourth-order valence-electron chi connectivity index (χ4n) is 1.69. The Kier molecular flexibility index (Phi) is 4.34. The van der Waals surface area contributed by atoms with E-state index in [9.17, 15) is 0 Å². The van der Waals surface area contributed by atoms with Gasteiger partial charge in [0, 0.05) is 11.3 Å². The lowest BCUT2D eigenvalue weighted by Crippen LogP contribution is -2.13. The third kappa shape index (κ3) is 3.68. The second-order valence-corrected chi connectivity index (χ2v) is 4.52. The van der Waals surface area contributed by atoms with Crippen LogP contribution in [0.1, 0.15) is 16.8 Å². The van der Waals surface area contributed by atoms with Gasteiger partial charge in [-0.1, -0.05) is 17.7 Å². The van der Waals surface area contributed by atoms with Gasteiger partial charge in [0.1, 0.15) is 24.5 Å². The number of hydrogen-bond donors (Lipinski definition) is 1. The average molecular weight is 257 g/mol. The number of nitrogens with one attached hydrogen (secondary N) is 1. The Hall–Kier alpha value is -2.10. The molecule has 4 heteroatoms. The maximum absolute atomic E-state index is 5.65. The zero-order chi connectivity index (χ0) is 13.7. The van der Waals surface area contributed by atoms with Crippen molar-refractivity contribution in [3.63, 3.8) is 0 Å². The molecule has 0 atom stereocenters. The average Bonchev–Trinajstić information content (AvgIpc) is 2.41. The van der Waals surface area contributed by atoms with Gasteiger partial charge in [-0.2, -0.15) is 0 Å². The second kappa shape index (κ2) is 6.18. The van der Waals surface area contributed by atoms with Gasteiger partial charge in [0.25, 0.3) is 0 Å². The lowest BCUT2D eigenvalue weighted by atomic mass is 10.2. The summed E-state index contributed by atoms with van der Waals surface area (Å²) in [5.74, 6) is 1.77. The highest BCUT2D eigenvalue weighted by Gasteiger charge is 2.02. The number of benzene rings is 1. The molecule has 2 aromatic rings. The molecule has 0 saturated carbocycles. The molecule has 0 aliphatic rings. The Morgan fingerprint density at radius 3 is 2.53 bits per heavy atom. The molecule has 100 valence electrons. The van der Waals surface area contributed by atoms with Crippen molar-refractivity contribution in [1.29, 1.82) is 0 Å². The molecule has 1 heterocycles. The summed E-state index contributed by atoms with van der Waals surface area (Å²) in [5, 5.41) is 3.26. The normalized spacial score (nSPS) is 10.3. The lowest BCUT2D eigenvalue weighted by molar-refractivity contribution is 0.332. The number of aromatic nitrogens is 2. The van der Waals surface area contributed by atoms with Crippen LogP contribution in [0.5, 0.6) is 5.75 Å². The number of nitrogens with zero attached hydrogens (tertiary/aromatic N) is 2. The molecule has 1 N–H and O–H groups in total. The monoisotopic (exact) mass is 257 g/mol. The van der Waals surface area contributed by atoms with E-state index in [1.165, 1.54) is 5.56 Å². The third-order valence-electron chi connectivity index (χ3n) is 3.02. The van der Waals surface area contributed by atoms with Crippen molar-refractivity contribution in [1.82, 2.24) is 9.97 Å². The topological polar surface area (TPSA) is 47.0 Å². The van der Waals surface area contributed by atoms with E-state index < -0.39 is 0 Å². The molecule has 4 nitrogen and oxygen atoms in total. The molecule has 0 radical (unpaired) electrons. The van der Waals surface area contributed by atoms with Crippen molar-refractivity contribution < 1.29 is 4.74 Å². The van der Waals surface area contributed by atoms with Crippen LogP contribution in [0.2, 0.25) is 0 Å². The molecule has 0 unspecified atom stereocenters. The summed E-state index contributed by atoms with van der Waals surface area (Å²) in [7, 11) is 0. The van der Waals surface area contributed by atoms with Crippen LogP contribution in [0.3, 0.4) is 0 Å². The Bertz CT molecular complexity index is 538. The zero-order valence-corrected chi connectivity index (χ0v) is 11.6. The van der Waals surface area contributed by atoms with Gasteiger partial charge in [0.05, 0.1) is 6.54 Å².